The van der Waals surface area contributed by atoms with E-state index in [1.54, 1.807) is 0 Å². The number of aliphatic hydroxyl groups is 7. The van der Waals surface area contributed by atoms with Gasteiger partial charge in [-0.1, -0.05) is 0 Å². The fourth-order valence-corrected chi connectivity index (χ4v) is 4.27. The molecule has 0 aliphatic carbocycles. The molecule has 0 aromatic carbocycles. The standard InChI is InChI=1S/C21H37NO14/c1-8-12(25)14(27)16(29)19(32-8)36-18-10(5-9(6-23)33-21(18)31-4-2-3-22)34-20-17(30)15(28)13(26)11(7-24)35-20/h6,8-21,24-30H,2-5,7,22H2,1H3/t8?,9?,10?,11?,12-,13+,14?,15?,16?,17?,18?,19+,20+,21-/m1/s1. The second kappa shape index (κ2) is 13.3. The summed E-state index contributed by atoms with van der Waals surface area (Å²) in [6.45, 7) is 1.19. The summed E-state index contributed by atoms with van der Waals surface area (Å²) in [5.74, 6) is 0. The van der Waals surface area contributed by atoms with E-state index in [0.29, 0.717) is 19.3 Å². The van der Waals surface area contributed by atoms with Crippen molar-refractivity contribution in [3.8, 4) is 0 Å². The monoisotopic (exact) mass is 527 g/mol. The zero-order valence-corrected chi connectivity index (χ0v) is 19.8. The molecule has 0 saturated carbocycles. The maximum absolute atomic E-state index is 11.6. The second-order valence-corrected chi connectivity index (χ2v) is 9.08. The molecule has 0 bridgehead atoms. The number of aliphatic hydroxyl groups excluding tert-OH is 7. The van der Waals surface area contributed by atoms with Gasteiger partial charge in [0.25, 0.3) is 0 Å². The molecule has 14 atom stereocenters. The van der Waals surface area contributed by atoms with Crippen LogP contribution in [-0.2, 0) is 33.2 Å². The van der Waals surface area contributed by atoms with Gasteiger partial charge in [0.1, 0.15) is 61.2 Å². The Morgan fingerprint density at radius 2 is 1.50 bits per heavy atom. The van der Waals surface area contributed by atoms with E-state index in [2.05, 4.69) is 0 Å². The first-order chi connectivity index (χ1) is 17.1. The number of carbonyl (C=O) groups excluding carboxylic acids is 1. The van der Waals surface area contributed by atoms with Crippen LogP contribution in [0.4, 0.5) is 0 Å². The average Bonchev–Trinajstić information content (AvgIpc) is 2.87. The Bertz CT molecular complexity index is 687. The second-order valence-electron chi connectivity index (χ2n) is 9.08. The minimum Gasteiger partial charge on any atom is -0.394 e. The van der Waals surface area contributed by atoms with Crippen LogP contribution in [0.25, 0.3) is 0 Å². The van der Waals surface area contributed by atoms with Crippen LogP contribution in [0.5, 0.6) is 0 Å². The lowest BCUT2D eigenvalue weighted by Crippen LogP contribution is -2.63. The number of aldehydes is 1. The predicted octanol–water partition coefficient (Wildman–Crippen LogP) is -4.94. The van der Waals surface area contributed by atoms with Crippen molar-refractivity contribution in [1.82, 2.24) is 0 Å². The molecule has 3 rings (SSSR count). The maximum Gasteiger partial charge on any atom is 0.187 e. The minimum absolute atomic E-state index is 0.102. The van der Waals surface area contributed by atoms with Crippen molar-refractivity contribution in [2.24, 2.45) is 5.73 Å². The molecule has 9 unspecified atom stereocenters. The Morgan fingerprint density at radius 1 is 0.861 bits per heavy atom. The highest BCUT2D eigenvalue weighted by Gasteiger charge is 2.51. The molecule has 3 heterocycles. The molecule has 0 spiro atoms. The first kappa shape index (κ1) is 29.7. The van der Waals surface area contributed by atoms with Crippen molar-refractivity contribution in [3.63, 3.8) is 0 Å². The molecule has 9 N–H and O–H groups in total. The van der Waals surface area contributed by atoms with Crippen LogP contribution in [-0.4, -0.2) is 148 Å². The van der Waals surface area contributed by atoms with E-state index in [0.717, 1.165) is 0 Å². The lowest BCUT2D eigenvalue weighted by atomic mass is 9.97. The van der Waals surface area contributed by atoms with Crippen molar-refractivity contribution in [2.75, 3.05) is 19.8 Å². The summed E-state index contributed by atoms with van der Waals surface area (Å²) in [4.78, 5) is 11.6. The third-order valence-corrected chi connectivity index (χ3v) is 6.45. The van der Waals surface area contributed by atoms with Crippen molar-refractivity contribution < 1.29 is 69.0 Å². The maximum atomic E-state index is 11.6. The number of hydrogen-bond acceptors (Lipinski definition) is 15. The third kappa shape index (κ3) is 6.57. The van der Waals surface area contributed by atoms with Crippen molar-refractivity contribution in [2.45, 2.75) is 106 Å². The zero-order chi connectivity index (χ0) is 26.6. The van der Waals surface area contributed by atoms with Gasteiger partial charge in [-0.05, 0) is 19.9 Å². The number of hydrogen-bond donors (Lipinski definition) is 8. The summed E-state index contributed by atoms with van der Waals surface area (Å²) in [5, 5.41) is 70.6. The van der Waals surface area contributed by atoms with E-state index in [-0.39, 0.29) is 13.0 Å². The Kier molecular flexibility index (Phi) is 10.9. The van der Waals surface area contributed by atoms with E-state index in [9.17, 15) is 40.5 Å². The normalized spacial score (nSPS) is 48.0. The lowest BCUT2D eigenvalue weighted by Gasteiger charge is -2.47. The van der Waals surface area contributed by atoms with Gasteiger partial charge in [0, 0.05) is 6.42 Å². The SMILES string of the molecule is CC1O[C@@H](OC2C(O[C@H]3OC(CO)[C@H](O)C(O)C3O)CC(C=O)O[C@H]2OCCCN)C(O)C(O)[C@@H]1O. The summed E-state index contributed by atoms with van der Waals surface area (Å²) in [7, 11) is 0. The van der Waals surface area contributed by atoms with Crippen molar-refractivity contribution >= 4 is 6.29 Å². The number of nitrogens with two attached hydrogens (primary N) is 1. The molecule has 3 aliphatic heterocycles. The number of ether oxygens (including phenoxy) is 6. The van der Waals surface area contributed by atoms with E-state index < -0.39 is 92.6 Å². The molecule has 15 nitrogen and oxygen atoms in total. The number of carbonyl (C=O) groups is 1. The molecule has 0 radical (unpaired) electrons. The molecule has 36 heavy (non-hydrogen) atoms. The van der Waals surface area contributed by atoms with Crippen LogP contribution in [0.2, 0.25) is 0 Å². The molecule has 3 aliphatic rings. The van der Waals surface area contributed by atoms with Crippen LogP contribution < -0.4 is 5.73 Å². The van der Waals surface area contributed by atoms with Gasteiger partial charge >= 0.3 is 0 Å². The van der Waals surface area contributed by atoms with Crippen LogP contribution in [0.15, 0.2) is 0 Å². The lowest BCUT2D eigenvalue weighted by molar-refractivity contribution is -0.373. The quantitative estimate of drug-likeness (QED) is 0.0980. The summed E-state index contributed by atoms with van der Waals surface area (Å²) in [5.41, 5.74) is 5.51. The van der Waals surface area contributed by atoms with Gasteiger partial charge in [-0.2, -0.15) is 0 Å². The van der Waals surface area contributed by atoms with Crippen LogP contribution in [0, 0.1) is 0 Å². The number of rotatable bonds is 10. The van der Waals surface area contributed by atoms with E-state index >= 15 is 0 Å². The molecular weight excluding hydrogens is 490 g/mol. The molecule has 0 amide bonds. The largest absolute Gasteiger partial charge is 0.394 e. The van der Waals surface area contributed by atoms with Crippen molar-refractivity contribution in [3.05, 3.63) is 0 Å². The summed E-state index contributed by atoms with van der Waals surface area (Å²) in [6, 6.07) is 0. The molecule has 3 saturated heterocycles. The first-order valence-corrected chi connectivity index (χ1v) is 11.9. The summed E-state index contributed by atoms with van der Waals surface area (Å²) >= 11 is 0. The molecule has 15 heteroatoms. The molecule has 3 fully saturated rings. The van der Waals surface area contributed by atoms with Crippen LogP contribution >= 0.6 is 0 Å². The molecule has 0 aromatic heterocycles. The highest BCUT2D eigenvalue weighted by atomic mass is 16.8. The highest BCUT2D eigenvalue weighted by Crippen LogP contribution is 2.33. The van der Waals surface area contributed by atoms with Gasteiger partial charge in [-0.3, -0.25) is 0 Å². The average molecular weight is 528 g/mol. The fourth-order valence-electron chi connectivity index (χ4n) is 4.27. The summed E-state index contributed by atoms with van der Waals surface area (Å²) < 4.78 is 34.0. The molecule has 210 valence electrons. The van der Waals surface area contributed by atoms with E-state index in [1.165, 1.54) is 6.92 Å². The zero-order valence-electron chi connectivity index (χ0n) is 19.8. The van der Waals surface area contributed by atoms with Crippen LogP contribution in [0.3, 0.4) is 0 Å². The van der Waals surface area contributed by atoms with Crippen molar-refractivity contribution in [1.29, 1.82) is 0 Å². The topological polar surface area (TPSA) is 240 Å². The Morgan fingerprint density at radius 3 is 2.11 bits per heavy atom. The third-order valence-electron chi connectivity index (χ3n) is 6.45. The molecule has 0 aromatic rings. The first-order valence-electron chi connectivity index (χ1n) is 11.9. The van der Waals surface area contributed by atoms with Gasteiger partial charge in [-0.25, -0.2) is 0 Å². The predicted molar refractivity (Wildman–Crippen MR) is 115 cm³/mol. The van der Waals surface area contributed by atoms with Crippen LogP contribution in [0.1, 0.15) is 19.8 Å². The van der Waals surface area contributed by atoms with Gasteiger partial charge < -0.3 is 74.7 Å². The Hall–Kier alpha value is -0.890. The Balaban J connectivity index is 1.84. The van der Waals surface area contributed by atoms with Gasteiger partial charge in [-0.15, -0.1) is 0 Å². The highest BCUT2D eigenvalue weighted by molar-refractivity contribution is 5.56. The Labute approximate surface area is 207 Å². The minimum atomic E-state index is -1.73. The van der Waals surface area contributed by atoms with E-state index in [1.807, 2.05) is 0 Å². The van der Waals surface area contributed by atoms with Gasteiger partial charge in [0.2, 0.25) is 0 Å². The molecular formula is C21H37NO14. The summed E-state index contributed by atoms with van der Waals surface area (Å²) in [6.07, 6.45) is -18.7. The van der Waals surface area contributed by atoms with E-state index in [4.69, 9.17) is 34.2 Å². The van der Waals surface area contributed by atoms with Gasteiger partial charge in [0.05, 0.1) is 25.4 Å². The van der Waals surface area contributed by atoms with Gasteiger partial charge in [0.15, 0.2) is 18.9 Å². The fraction of sp³-hybridized carbons (Fsp3) is 0.952. The smallest absolute Gasteiger partial charge is 0.187 e.